The monoisotopic (exact) mass is 548 g/mol. The molecule has 0 spiro atoms. The highest BCUT2D eigenvalue weighted by Crippen LogP contribution is 2.33. The lowest BCUT2D eigenvalue weighted by Crippen LogP contribution is -2.41. The van der Waals surface area contributed by atoms with Crippen molar-refractivity contribution < 1.29 is 22.1 Å². The molecule has 3 rings (SSSR count). The number of ether oxygens (including phenoxy) is 1. The average molecular weight is 549 g/mol. The van der Waals surface area contributed by atoms with Crippen molar-refractivity contribution >= 4 is 45.5 Å². The van der Waals surface area contributed by atoms with Crippen molar-refractivity contribution in [3.05, 3.63) is 64.7 Å². The van der Waals surface area contributed by atoms with Gasteiger partial charge in [0.1, 0.15) is 17.7 Å². The van der Waals surface area contributed by atoms with Crippen molar-refractivity contribution in [3.8, 4) is 5.75 Å². The number of nitrogens with zero attached hydrogens (tertiary/aromatic N) is 2. The molecule has 9 nitrogen and oxygen atoms in total. The summed E-state index contributed by atoms with van der Waals surface area (Å²) < 4.78 is 37.4. The molecule has 1 heterocycles. The Morgan fingerprint density at radius 2 is 1.95 bits per heavy atom. The van der Waals surface area contributed by atoms with Gasteiger partial charge in [-0.2, -0.15) is 8.42 Å². The molecule has 1 aliphatic heterocycles. The summed E-state index contributed by atoms with van der Waals surface area (Å²) in [6, 6.07) is 12.1. The maximum Gasteiger partial charge on any atom is 0.412 e. The topological polar surface area (TPSA) is 126 Å². The number of nitrogen functional groups attached to an aromatic ring is 1. The minimum absolute atomic E-state index is 0.0212. The van der Waals surface area contributed by atoms with Crippen molar-refractivity contribution in [2.24, 2.45) is 5.73 Å². The second-order valence-corrected chi connectivity index (χ2v) is 10.9. The molecule has 2 aromatic carbocycles. The second kappa shape index (κ2) is 12.4. The predicted octanol–water partition coefficient (Wildman–Crippen LogP) is 4.20. The number of rotatable bonds is 10. The molecule has 200 valence electrons. The number of nitrogens with one attached hydrogen (secondary N) is 1. The Balaban J connectivity index is 1.79. The lowest BCUT2D eigenvalue weighted by atomic mass is 10.1. The minimum Gasteiger partial charge on any atom is -0.489 e. The number of likely N-dealkylation sites (tertiary alicyclic amines) is 1. The molecule has 0 aromatic heterocycles. The molecule has 0 radical (unpaired) electrons. The SMILES string of the molecule is CC(=O)OS(=O)(=O)N(C/C=C/c1cccc(C(=N)N)c1)c1ccc(OC2CCN(C(C)C)CC2)c(Cl)c1. The van der Waals surface area contributed by atoms with Crippen LogP contribution in [-0.2, 0) is 19.3 Å². The Morgan fingerprint density at radius 3 is 2.54 bits per heavy atom. The van der Waals surface area contributed by atoms with Gasteiger partial charge in [-0.1, -0.05) is 42.0 Å². The third-order valence-electron chi connectivity index (χ3n) is 5.98. The molecular weight excluding hydrogens is 516 g/mol. The fraction of sp³-hybridized carbons (Fsp3) is 0.385. The van der Waals surface area contributed by atoms with E-state index in [1.807, 2.05) is 0 Å². The highest BCUT2D eigenvalue weighted by molar-refractivity contribution is 7.88. The Bertz CT molecular complexity index is 1260. The number of anilines is 1. The molecule has 0 saturated carbocycles. The van der Waals surface area contributed by atoms with Crippen LogP contribution in [0.2, 0.25) is 5.02 Å². The maximum atomic E-state index is 12.9. The lowest BCUT2D eigenvalue weighted by molar-refractivity contribution is -0.131. The van der Waals surface area contributed by atoms with Crippen LogP contribution in [0, 0.1) is 5.41 Å². The van der Waals surface area contributed by atoms with Crippen molar-refractivity contribution in [2.75, 3.05) is 23.9 Å². The van der Waals surface area contributed by atoms with Crippen LogP contribution in [0.5, 0.6) is 5.75 Å². The Hall–Kier alpha value is -3.08. The fourth-order valence-corrected chi connectivity index (χ4v) is 5.29. The summed E-state index contributed by atoms with van der Waals surface area (Å²) in [5.74, 6) is -0.562. The molecule has 0 bridgehead atoms. The predicted molar refractivity (Wildman–Crippen MR) is 146 cm³/mol. The van der Waals surface area contributed by atoms with Crippen molar-refractivity contribution in [1.29, 1.82) is 5.41 Å². The number of amidine groups is 1. The highest BCUT2D eigenvalue weighted by Gasteiger charge is 2.27. The van der Waals surface area contributed by atoms with E-state index in [0.29, 0.717) is 17.4 Å². The zero-order valence-corrected chi connectivity index (χ0v) is 22.8. The first kappa shape index (κ1) is 28.5. The van der Waals surface area contributed by atoms with Gasteiger partial charge in [0, 0.05) is 31.6 Å². The first-order valence-electron chi connectivity index (χ1n) is 12.0. The molecule has 1 saturated heterocycles. The molecule has 1 aliphatic rings. The van der Waals surface area contributed by atoms with Gasteiger partial charge in [-0.25, -0.2) is 4.31 Å². The number of nitrogens with two attached hydrogens (primary N) is 1. The van der Waals surface area contributed by atoms with Crippen molar-refractivity contribution in [1.82, 2.24) is 4.90 Å². The van der Waals surface area contributed by atoms with E-state index in [1.165, 1.54) is 6.07 Å². The van der Waals surface area contributed by atoms with E-state index in [-0.39, 0.29) is 29.2 Å². The number of hydrogen-bond acceptors (Lipinski definition) is 7. The molecule has 0 atom stereocenters. The van der Waals surface area contributed by atoms with E-state index in [4.69, 9.17) is 27.5 Å². The van der Waals surface area contributed by atoms with E-state index < -0.39 is 16.3 Å². The molecular formula is C26H33ClN4O5S. The smallest absolute Gasteiger partial charge is 0.412 e. The van der Waals surface area contributed by atoms with Crippen molar-refractivity contribution in [3.63, 3.8) is 0 Å². The van der Waals surface area contributed by atoms with Gasteiger partial charge in [-0.15, -0.1) is 0 Å². The van der Waals surface area contributed by atoms with Gasteiger partial charge in [0.25, 0.3) is 0 Å². The molecule has 0 unspecified atom stereocenters. The normalized spacial score (nSPS) is 15.2. The number of carbonyl (C=O) groups excluding carboxylic acids is 1. The van der Waals surface area contributed by atoms with Crippen LogP contribution in [0.25, 0.3) is 6.08 Å². The molecule has 1 fully saturated rings. The molecule has 0 aliphatic carbocycles. The van der Waals surface area contributed by atoms with E-state index in [9.17, 15) is 13.2 Å². The number of hydrogen-bond donors (Lipinski definition) is 2. The van der Waals surface area contributed by atoms with Gasteiger partial charge in [0.15, 0.2) is 0 Å². The number of halogens is 1. The first-order valence-corrected chi connectivity index (χ1v) is 13.7. The van der Waals surface area contributed by atoms with Gasteiger partial charge >= 0.3 is 16.3 Å². The summed E-state index contributed by atoms with van der Waals surface area (Å²) in [5.41, 5.74) is 7.03. The summed E-state index contributed by atoms with van der Waals surface area (Å²) in [7, 11) is -4.45. The Morgan fingerprint density at radius 1 is 1.24 bits per heavy atom. The summed E-state index contributed by atoms with van der Waals surface area (Å²) in [6.07, 6.45) is 5.05. The van der Waals surface area contributed by atoms with Crippen LogP contribution in [0.15, 0.2) is 48.5 Å². The van der Waals surface area contributed by atoms with Gasteiger partial charge < -0.3 is 19.6 Å². The van der Waals surface area contributed by atoms with Crippen LogP contribution in [0.1, 0.15) is 44.7 Å². The largest absolute Gasteiger partial charge is 0.489 e. The molecule has 0 amide bonds. The number of carbonyl (C=O) groups is 1. The van der Waals surface area contributed by atoms with Crippen LogP contribution >= 0.6 is 11.6 Å². The lowest BCUT2D eigenvalue weighted by Gasteiger charge is -2.34. The first-order chi connectivity index (χ1) is 17.5. The Kier molecular flexibility index (Phi) is 9.58. The van der Waals surface area contributed by atoms with E-state index >= 15 is 0 Å². The third-order valence-corrected chi connectivity index (χ3v) is 7.62. The molecule has 2 aromatic rings. The molecule has 37 heavy (non-hydrogen) atoms. The average Bonchev–Trinajstić information content (AvgIpc) is 2.83. The number of benzene rings is 2. The maximum absolute atomic E-state index is 12.9. The molecule has 11 heteroatoms. The summed E-state index contributed by atoms with van der Waals surface area (Å²) in [5, 5.41) is 7.83. The summed E-state index contributed by atoms with van der Waals surface area (Å²) >= 11 is 6.49. The summed E-state index contributed by atoms with van der Waals surface area (Å²) in [6.45, 7) is 7.11. The van der Waals surface area contributed by atoms with Gasteiger partial charge in [-0.3, -0.25) is 10.2 Å². The van der Waals surface area contributed by atoms with Crippen molar-refractivity contribution in [2.45, 2.75) is 45.8 Å². The van der Waals surface area contributed by atoms with Gasteiger partial charge in [0.05, 0.1) is 17.3 Å². The van der Waals surface area contributed by atoms with Gasteiger partial charge in [0.2, 0.25) is 0 Å². The second-order valence-electron chi connectivity index (χ2n) is 9.07. The van der Waals surface area contributed by atoms with Crippen LogP contribution in [-0.4, -0.2) is 56.9 Å². The van der Waals surface area contributed by atoms with E-state index in [1.54, 1.807) is 48.6 Å². The Labute approximate surface area is 223 Å². The standard InChI is InChI=1S/C26H33ClN4O5S/c1-18(2)30-14-11-23(12-15-30)35-25-10-9-22(17-24(25)27)31(37(33,34)36-19(3)32)13-5-7-20-6-4-8-21(16-20)26(28)29/h4-10,16-18,23H,11-15H2,1-3H3,(H3,28,29)/b7-5+. The minimum atomic E-state index is -4.45. The zero-order chi connectivity index (χ0) is 27.2. The summed E-state index contributed by atoms with van der Waals surface area (Å²) in [4.78, 5) is 13.9. The quantitative estimate of drug-likeness (QED) is 0.336. The number of piperidine rings is 1. The van der Waals surface area contributed by atoms with E-state index in [2.05, 4.69) is 22.9 Å². The van der Waals surface area contributed by atoms with Crippen LogP contribution in [0.4, 0.5) is 5.69 Å². The van der Waals surface area contributed by atoms with Crippen LogP contribution in [0.3, 0.4) is 0 Å². The third kappa shape index (κ3) is 7.95. The molecule has 3 N–H and O–H groups in total. The highest BCUT2D eigenvalue weighted by atomic mass is 35.5. The van der Waals surface area contributed by atoms with E-state index in [0.717, 1.165) is 42.7 Å². The fourth-order valence-electron chi connectivity index (χ4n) is 4.04. The van der Waals surface area contributed by atoms with Gasteiger partial charge in [-0.05, 0) is 56.5 Å². The zero-order valence-electron chi connectivity index (χ0n) is 21.2. The van der Waals surface area contributed by atoms with Crippen LogP contribution < -0.4 is 14.8 Å².